The molecule has 0 spiro atoms. The molecule has 0 atom stereocenters. The summed E-state index contributed by atoms with van der Waals surface area (Å²) in [7, 11) is 2.77. The van der Waals surface area contributed by atoms with Gasteiger partial charge in [-0.05, 0) is 6.07 Å². The number of carbonyl (C=O) groups excluding carboxylic acids is 1. The van der Waals surface area contributed by atoms with E-state index in [1.54, 1.807) is 0 Å². The molecule has 1 aromatic carbocycles. The molecule has 0 fully saturated rings. The Hall–Kier alpha value is -1.29. The van der Waals surface area contributed by atoms with E-state index in [1.807, 2.05) is 0 Å². The van der Waals surface area contributed by atoms with E-state index in [-0.39, 0.29) is 16.3 Å². The SMILES string of the molecule is CNC(=O)c1cc(F)c(OC)cc1Cl. The van der Waals surface area contributed by atoms with Gasteiger partial charge in [0.25, 0.3) is 5.91 Å². The molecular formula is C9H9ClFNO2. The second kappa shape index (κ2) is 4.28. The maximum Gasteiger partial charge on any atom is 0.252 e. The number of methoxy groups -OCH3 is 1. The third kappa shape index (κ3) is 1.96. The summed E-state index contributed by atoms with van der Waals surface area (Å²) in [4.78, 5) is 11.2. The largest absolute Gasteiger partial charge is 0.494 e. The molecule has 0 aliphatic carbocycles. The number of rotatable bonds is 2. The van der Waals surface area contributed by atoms with Gasteiger partial charge in [0.15, 0.2) is 11.6 Å². The van der Waals surface area contributed by atoms with Crippen molar-refractivity contribution in [3.63, 3.8) is 0 Å². The first-order valence-corrected chi connectivity index (χ1v) is 4.23. The Labute approximate surface area is 85.8 Å². The molecular weight excluding hydrogens is 209 g/mol. The van der Waals surface area contributed by atoms with Gasteiger partial charge in [-0.15, -0.1) is 0 Å². The van der Waals surface area contributed by atoms with Crippen molar-refractivity contribution >= 4 is 17.5 Å². The lowest BCUT2D eigenvalue weighted by atomic mass is 10.2. The van der Waals surface area contributed by atoms with Crippen LogP contribution < -0.4 is 10.1 Å². The van der Waals surface area contributed by atoms with Gasteiger partial charge in [-0.3, -0.25) is 4.79 Å². The molecule has 14 heavy (non-hydrogen) atoms. The Morgan fingerprint density at radius 2 is 2.21 bits per heavy atom. The van der Waals surface area contributed by atoms with Crippen molar-refractivity contribution in [3.8, 4) is 5.75 Å². The number of carbonyl (C=O) groups is 1. The summed E-state index contributed by atoms with van der Waals surface area (Å²) in [6.07, 6.45) is 0. The van der Waals surface area contributed by atoms with E-state index < -0.39 is 11.7 Å². The van der Waals surface area contributed by atoms with Crippen molar-refractivity contribution in [2.75, 3.05) is 14.2 Å². The van der Waals surface area contributed by atoms with Crippen molar-refractivity contribution < 1.29 is 13.9 Å². The second-order valence-corrected chi connectivity index (χ2v) is 2.95. The van der Waals surface area contributed by atoms with E-state index >= 15 is 0 Å². The predicted octanol–water partition coefficient (Wildman–Crippen LogP) is 1.85. The molecule has 1 rings (SSSR count). The molecule has 0 aromatic heterocycles. The summed E-state index contributed by atoms with van der Waals surface area (Å²) < 4.78 is 17.9. The molecule has 76 valence electrons. The monoisotopic (exact) mass is 217 g/mol. The molecule has 0 heterocycles. The zero-order valence-electron chi connectivity index (χ0n) is 7.73. The first-order valence-electron chi connectivity index (χ1n) is 3.85. The minimum atomic E-state index is -0.615. The first-order chi connectivity index (χ1) is 6.60. The van der Waals surface area contributed by atoms with Gasteiger partial charge in [0.1, 0.15) is 0 Å². The summed E-state index contributed by atoms with van der Waals surface area (Å²) in [5.74, 6) is -1.03. The Bertz CT molecular complexity index is 368. The number of hydrogen-bond acceptors (Lipinski definition) is 2. The lowest BCUT2D eigenvalue weighted by molar-refractivity contribution is 0.0962. The number of nitrogens with one attached hydrogen (secondary N) is 1. The summed E-state index contributed by atoms with van der Waals surface area (Å²) >= 11 is 5.75. The summed E-state index contributed by atoms with van der Waals surface area (Å²) in [5, 5.41) is 2.51. The van der Waals surface area contributed by atoms with Crippen LogP contribution in [-0.2, 0) is 0 Å². The highest BCUT2D eigenvalue weighted by atomic mass is 35.5. The van der Waals surface area contributed by atoms with Crippen molar-refractivity contribution in [2.45, 2.75) is 0 Å². The van der Waals surface area contributed by atoms with Crippen molar-refractivity contribution in [3.05, 3.63) is 28.5 Å². The van der Waals surface area contributed by atoms with Gasteiger partial charge in [0, 0.05) is 13.1 Å². The van der Waals surface area contributed by atoms with Crippen LogP contribution >= 0.6 is 11.6 Å². The van der Waals surface area contributed by atoms with E-state index in [4.69, 9.17) is 16.3 Å². The van der Waals surface area contributed by atoms with Crippen LogP contribution in [0.15, 0.2) is 12.1 Å². The molecule has 5 heteroatoms. The van der Waals surface area contributed by atoms with Crippen LogP contribution in [0.4, 0.5) is 4.39 Å². The van der Waals surface area contributed by atoms with Gasteiger partial charge in [-0.1, -0.05) is 11.6 Å². The molecule has 1 aromatic rings. The highest BCUT2D eigenvalue weighted by Crippen LogP contribution is 2.25. The standard InChI is InChI=1S/C9H9ClFNO2/c1-12-9(13)5-3-7(11)8(14-2)4-6(5)10/h3-4H,1-2H3,(H,12,13). The highest BCUT2D eigenvalue weighted by Gasteiger charge is 2.13. The molecule has 0 saturated heterocycles. The van der Waals surface area contributed by atoms with Crippen LogP contribution in [0.5, 0.6) is 5.75 Å². The van der Waals surface area contributed by atoms with Gasteiger partial charge in [0.2, 0.25) is 0 Å². The molecule has 0 aliphatic rings. The van der Waals surface area contributed by atoms with Gasteiger partial charge >= 0.3 is 0 Å². The minimum Gasteiger partial charge on any atom is -0.494 e. The minimum absolute atomic E-state index is 0.0163. The van der Waals surface area contributed by atoms with Gasteiger partial charge < -0.3 is 10.1 Å². The number of hydrogen-bond donors (Lipinski definition) is 1. The van der Waals surface area contributed by atoms with Gasteiger partial charge in [-0.2, -0.15) is 0 Å². The van der Waals surface area contributed by atoms with Crippen LogP contribution in [0, 0.1) is 5.82 Å². The summed E-state index contributed by atoms with van der Waals surface area (Å²) in [5.41, 5.74) is 0.0902. The van der Waals surface area contributed by atoms with Crippen molar-refractivity contribution in [2.24, 2.45) is 0 Å². The van der Waals surface area contributed by atoms with Crippen LogP contribution in [0.3, 0.4) is 0 Å². The highest BCUT2D eigenvalue weighted by molar-refractivity contribution is 6.34. The zero-order valence-corrected chi connectivity index (χ0v) is 8.48. The smallest absolute Gasteiger partial charge is 0.252 e. The maximum absolute atomic E-state index is 13.2. The van der Waals surface area contributed by atoms with E-state index in [0.29, 0.717) is 0 Å². The van der Waals surface area contributed by atoms with E-state index in [9.17, 15) is 9.18 Å². The summed E-state index contributed by atoms with van der Waals surface area (Å²) in [6, 6.07) is 2.31. The third-order valence-electron chi connectivity index (χ3n) is 1.71. The van der Waals surface area contributed by atoms with E-state index in [0.717, 1.165) is 6.07 Å². The average molecular weight is 218 g/mol. The number of ether oxygens (including phenoxy) is 1. The van der Waals surface area contributed by atoms with Crippen LogP contribution in [-0.4, -0.2) is 20.1 Å². The molecule has 0 bridgehead atoms. The zero-order chi connectivity index (χ0) is 10.7. The fraction of sp³-hybridized carbons (Fsp3) is 0.222. The Balaban J connectivity index is 3.21. The van der Waals surface area contributed by atoms with Crippen LogP contribution in [0.1, 0.15) is 10.4 Å². The first kappa shape index (κ1) is 10.8. The summed E-state index contributed by atoms with van der Waals surface area (Å²) in [6.45, 7) is 0. The van der Waals surface area contributed by atoms with Crippen LogP contribution in [0.25, 0.3) is 0 Å². The fourth-order valence-electron chi connectivity index (χ4n) is 0.994. The molecule has 1 N–H and O–H groups in total. The van der Waals surface area contributed by atoms with Crippen molar-refractivity contribution in [1.29, 1.82) is 0 Å². The Morgan fingerprint density at radius 1 is 1.57 bits per heavy atom. The van der Waals surface area contributed by atoms with Gasteiger partial charge in [-0.25, -0.2) is 4.39 Å². The Morgan fingerprint density at radius 3 is 2.71 bits per heavy atom. The predicted molar refractivity (Wildman–Crippen MR) is 51.4 cm³/mol. The quantitative estimate of drug-likeness (QED) is 0.821. The molecule has 0 radical (unpaired) electrons. The molecule has 3 nitrogen and oxygen atoms in total. The average Bonchev–Trinajstić information content (AvgIpc) is 2.19. The Kier molecular flexibility index (Phi) is 3.30. The van der Waals surface area contributed by atoms with Crippen molar-refractivity contribution in [1.82, 2.24) is 5.32 Å². The lowest BCUT2D eigenvalue weighted by Gasteiger charge is -2.06. The van der Waals surface area contributed by atoms with Crippen LogP contribution in [0.2, 0.25) is 5.02 Å². The molecule has 0 unspecified atom stereocenters. The number of amides is 1. The molecule has 0 aliphatic heterocycles. The molecule has 0 saturated carbocycles. The normalized spacial score (nSPS) is 9.71. The second-order valence-electron chi connectivity index (χ2n) is 2.55. The number of benzene rings is 1. The lowest BCUT2D eigenvalue weighted by Crippen LogP contribution is -2.18. The van der Waals surface area contributed by atoms with Gasteiger partial charge in [0.05, 0.1) is 17.7 Å². The van der Waals surface area contributed by atoms with E-state index in [2.05, 4.69) is 5.32 Å². The third-order valence-corrected chi connectivity index (χ3v) is 2.03. The topological polar surface area (TPSA) is 38.3 Å². The number of halogens is 2. The maximum atomic E-state index is 13.2. The fourth-order valence-corrected chi connectivity index (χ4v) is 1.23. The van der Waals surface area contributed by atoms with E-state index in [1.165, 1.54) is 20.2 Å². The molecule has 1 amide bonds.